The molecule has 0 amide bonds. The molecule has 0 radical (unpaired) electrons. The summed E-state index contributed by atoms with van der Waals surface area (Å²) in [6.45, 7) is 0. The van der Waals surface area contributed by atoms with Gasteiger partial charge in [-0.1, -0.05) is 30.0 Å². The van der Waals surface area contributed by atoms with Crippen LogP contribution in [0, 0.1) is 5.41 Å². The van der Waals surface area contributed by atoms with Crippen molar-refractivity contribution >= 4 is 22.9 Å². The minimum atomic E-state index is 0.905. The molecule has 0 atom stereocenters. The van der Waals surface area contributed by atoms with Gasteiger partial charge in [0.05, 0.1) is 0 Å². The van der Waals surface area contributed by atoms with E-state index >= 15 is 0 Å². The third-order valence-electron chi connectivity index (χ3n) is 1.94. The highest BCUT2D eigenvalue weighted by molar-refractivity contribution is 8.12. The second-order valence-corrected chi connectivity index (χ2v) is 4.01. The average molecular weight is 202 g/mol. The summed E-state index contributed by atoms with van der Waals surface area (Å²) in [4.78, 5) is 6.28. The first kappa shape index (κ1) is 9.21. The molecule has 3 heteroatoms. The van der Waals surface area contributed by atoms with Crippen LogP contribution in [0.3, 0.4) is 0 Å². The van der Waals surface area contributed by atoms with Crippen molar-refractivity contribution < 1.29 is 0 Å². The molecule has 70 valence electrons. The van der Waals surface area contributed by atoms with Gasteiger partial charge in [-0.25, -0.2) is 0 Å². The van der Waals surface area contributed by atoms with Gasteiger partial charge < -0.3 is 5.41 Å². The molecule has 0 spiro atoms. The van der Waals surface area contributed by atoms with E-state index in [-0.39, 0.29) is 0 Å². The van der Waals surface area contributed by atoms with E-state index in [2.05, 4.69) is 17.1 Å². The smallest absolute Gasteiger partial charge is 0.0351 e. The number of nitrogens with zero attached hydrogens (tertiary/aromatic N) is 1. The number of pyridine rings is 1. The summed E-state index contributed by atoms with van der Waals surface area (Å²) in [6.07, 6.45) is 10.1. The Morgan fingerprint density at radius 1 is 1.43 bits per heavy atom. The largest absolute Gasteiger partial charge is 0.308 e. The Bertz CT molecular complexity index is 393. The predicted molar refractivity (Wildman–Crippen MR) is 61.3 cm³/mol. The van der Waals surface area contributed by atoms with E-state index in [0.29, 0.717) is 0 Å². The van der Waals surface area contributed by atoms with Crippen molar-refractivity contribution in [3.63, 3.8) is 0 Å². The van der Waals surface area contributed by atoms with Gasteiger partial charge in [0, 0.05) is 34.0 Å². The van der Waals surface area contributed by atoms with E-state index < -0.39 is 0 Å². The predicted octanol–water partition coefficient (Wildman–Crippen LogP) is 3.09. The van der Waals surface area contributed by atoms with E-state index in [4.69, 9.17) is 5.41 Å². The fourth-order valence-electron chi connectivity index (χ4n) is 1.27. The summed E-state index contributed by atoms with van der Waals surface area (Å²) in [5, 5.41) is 7.19. The zero-order chi connectivity index (χ0) is 9.80. The monoisotopic (exact) mass is 202 g/mol. The molecule has 1 N–H and O–H groups in total. The van der Waals surface area contributed by atoms with Crippen molar-refractivity contribution in [3.05, 3.63) is 47.1 Å². The zero-order valence-corrected chi connectivity index (χ0v) is 8.42. The molecule has 0 saturated carbocycles. The molecule has 14 heavy (non-hydrogen) atoms. The molecule has 0 aromatic carbocycles. The number of hydrogen-bond donors (Lipinski definition) is 1. The summed E-state index contributed by atoms with van der Waals surface area (Å²) in [7, 11) is 0. The molecule has 0 aliphatic carbocycles. The number of allylic oxidation sites excluding steroid dienone is 3. The van der Waals surface area contributed by atoms with Crippen molar-refractivity contribution in [2.24, 2.45) is 0 Å². The lowest BCUT2D eigenvalue weighted by Gasteiger charge is -2.10. The van der Waals surface area contributed by atoms with Gasteiger partial charge in [-0.2, -0.15) is 0 Å². The van der Waals surface area contributed by atoms with Crippen LogP contribution in [0.15, 0.2) is 41.6 Å². The highest BCUT2D eigenvalue weighted by atomic mass is 32.2. The van der Waals surface area contributed by atoms with Gasteiger partial charge in [0.15, 0.2) is 0 Å². The number of aromatic nitrogens is 1. The molecular formula is C11H10N2S. The van der Waals surface area contributed by atoms with Crippen molar-refractivity contribution in [2.75, 3.05) is 0 Å². The minimum absolute atomic E-state index is 0.905. The zero-order valence-electron chi connectivity index (χ0n) is 7.60. The highest BCUT2D eigenvalue weighted by Crippen LogP contribution is 2.35. The molecule has 0 fully saturated rings. The van der Waals surface area contributed by atoms with Crippen LogP contribution in [0.1, 0.15) is 12.0 Å². The molecule has 0 bridgehead atoms. The Morgan fingerprint density at radius 3 is 3.07 bits per heavy atom. The Kier molecular flexibility index (Phi) is 2.79. The summed E-state index contributed by atoms with van der Waals surface area (Å²) >= 11 is 1.62. The summed E-state index contributed by atoms with van der Waals surface area (Å²) in [5.74, 6) is 0. The fourth-order valence-corrected chi connectivity index (χ4v) is 2.18. The van der Waals surface area contributed by atoms with Crippen molar-refractivity contribution in [3.8, 4) is 0 Å². The molecule has 2 rings (SSSR count). The Hall–Kier alpha value is -1.35. The van der Waals surface area contributed by atoms with Gasteiger partial charge in [-0.05, 0) is 12.5 Å². The van der Waals surface area contributed by atoms with Crippen LogP contribution in [0.4, 0.5) is 0 Å². The van der Waals surface area contributed by atoms with Gasteiger partial charge in [-0.15, -0.1) is 0 Å². The third kappa shape index (κ3) is 1.93. The molecular weight excluding hydrogens is 192 g/mol. The normalized spacial score (nSPS) is 15.7. The highest BCUT2D eigenvalue weighted by Gasteiger charge is 2.07. The second-order valence-electron chi connectivity index (χ2n) is 2.90. The van der Waals surface area contributed by atoms with Crippen LogP contribution in [0.5, 0.6) is 0 Å². The number of thioether (sulfide) groups is 1. The fraction of sp³-hybridized carbons (Fsp3) is 0.0909. The van der Waals surface area contributed by atoms with E-state index in [1.54, 1.807) is 18.0 Å². The van der Waals surface area contributed by atoms with Crippen LogP contribution in [-0.2, 0) is 0 Å². The van der Waals surface area contributed by atoms with Gasteiger partial charge >= 0.3 is 0 Å². The summed E-state index contributed by atoms with van der Waals surface area (Å²) in [6, 6.07) is 3.97. The van der Waals surface area contributed by atoms with Gasteiger partial charge in [0.25, 0.3) is 0 Å². The quantitative estimate of drug-likeness (QED) is 0.748. The number of hydrogen-bond acceptors (Lipinski definition) is 3. The van der Waals surface area contributed by atoms with Gasteiger partial charge in [0.2, 0.25) is 0 Å². The van der Waals surface area contributed by atoms with Crippen LogP contribution in [-0.4, -0.2) is 11.2 Å². The van der Waals surface area contributed by atoms with Crippen LogP contribution in [0.2, 0.25) is 0 Å². The van der Waals surface area contributed by atoms with Crippen LogP contribution >= 0.6 is 11.8 Å². The first-order valence-corrected chi connectivity index (χ1v) is 5.21. The topological polar surface area (TPSA) is 36.7 Å². The molecule has 2 heterocycles. The first-order chi connectivity index (χ1) is 6.90. The van der Waals surface area contributed by atoms with Crippen LogP contribution in [0.25, 0.3) is 4.91 Å². The van der Waals surface area contributed by atoms with E-state index in [1.807, 2.05) is 18.3 Å². The van der Waals surface area contributed by atoms with Crippen molar-refractivity contribution in [1.29, 1.82) is 5.41 Å². The molecule has 1 aliphatic rings. The average Bonchev–Trinajstić information content (AvgIpc) is 2.30. The number of rotatable bonds is 2. The van der Waals surface area contributed by atoms with Gasteiger partial charge in [0.1, 0.15) is 0 Å². The standard InChI is InChI=1S/C11H10N2S/c12-7-10-4-1-5-11(14-10)9-3-2-6-13-8-9/h2-8,12H,1H2. The van der Waals surface area contributed by atoms with E-state index in [0.717, 1.165) is 16.9 Å². The molecule has 0 unspecified atom stereocenters. The number of nitrogens with one attached hydrogen (secondary N) is 1. The Morgan fingerprint density at radius 2 is 2.36 bits per heavy atom. The summed E-state index contributed by atoms with van der Waals surface area (Å²) < 4.78 is 0. The Labute approximate surface area is 87.3 Å². The maximum Gasteiger partial charge on any atom is 0.0351 e. The lowest BCUT2D eigenvalue weighted by atomic mass is 10.2. The van der Waals surface area contributed by atoms with Gasteiger partial charge in [-0.3, -0.25) is 4.98 Å². The first-order valence-electron chi connectivity index (χ1n) is 4.39. The second kappa shape index (κ2) is 4.24. The van der Waals surface area contributed by atoms with E-state index in [9.17, 15) is 0 Å². The lowest BCUT2D eigenvalue weighted by Crippen LogP contribution is -1.88. The SMILES string of the molecule is N=CC1=CCC=C(c2cccnc2)S1. The third-order valence-corrected chi connectivity index (χ3v) is 3.08. The van der Waals surface area contributed by atoms with Crippen molar-refractivity contribution in [1.82, 2.24) is 4.98 Å². The minimum Gasteiger partial charge on any atom is -0.308 e. The molecule has 2 nitrogen and oxygen atoms in total. The van der Waals surface area contributed by atoms with Crippen LogP contribution < -0.4 is 0 Å². The maximum atomic E-state index is 7.19. The van der Waals surface area contributed by atoms with Crippen molar-refractivity contribution in [2.45, 2.75) is 6.42 Å². The van der Waals surface area contributed by atoms with E-state index in [1.165, 1.54) is 11.1 Å². The molecule has 0 saturated heterocycles. The molecule has 1 aromatic rings. The lowest BCUT2D eigenvalue weighted by molar-refractivity contribution is 1.31. The molecule has 1 aliphatic heterocycles. The summed E-state index contributed by atoms with van der Waals surface area (Å²) in [5.41, 5.74) is 1.13. The maximum absolute atomic E-state index is 7.19. The Balaban J connectivity index is 2.22. The molecule has 1 aromatic heterocycles.